The molecule has 0 saturated heterocycles. The SMILES string of the molecule is COc1cc(C=NNC(=O)c2cc3cc([N+](=O)[O-])ccc3s2)ccc1OCc1cccc(C)c1. The van der Waals surface area contributed by atoms with Gasteiger partial charge in [0.2, 0.25) is 0 Å². The van der Waals surface area contributed by atoms with E-state index in [2.05, 4.69) is 16.6 Å². The van der Waals surface area contributed by atoms with E-state index in [-0.39, 0.29) is 5.69 Å². The number of carbonyl (C=O) groups is 1. The highest BCUT2D eigenvalue weighted by Crippen LogP contribution is 2.30. The van der Waals surface area contributed by atoms with Gasteiger partial charge >= 0.3 is 0 Å². The second-order valence-electron chi connectivity index (χ2n) is 7.48. The van der Waals surface area contributed by atoms with Crippen LogP contribution in [-0.2, 0) is 6.61 Å². The molecule has 1 heterocycles. The Kier molecular flexibility index (Phi) is 6.84. The number of fused-ring (bicyclic) bond motifs is 1. The maximum Gasteiger partial charge on any atom is 0.281 e. The molecule has 0 radical (unpaired) electrons. The molecule has 0 fully saturated rings. The van der Waals surface area contributed by atoms with Crippen LogP contribution in [0.1, 0.15) is 26.4 Å². The van der Waals surface area contributed by atoms with Gasteiger partial charge in [0.1, 0.15) is 6.61 Å². The van der Waals surface area contributed by atoms with Gasteiger partial charge in [0.15, 0.2) is 11.5 Å². The number of carbonyl (C=O) groups excluding carboxylic acids is 1. The number of amides is 1. The Labute approximate surface area is 199 Å². The molecule has 172 valence electrons. The molecule has 3 aromatic carbocycles. The van der Waals surface area contributed by atoms with Gasteiger partial charge in [-0.2, -0.15) is 5.10 Å². The Morgan fingerprint density at radius 2 is 1.97 bits per heavy atom. The zero-order valence-corrected chi connectivity index (χ0v) is 19.3. The molecule has 0 saturated carbocycles. The zero-order chi connectivity index (χ0) is 24.1. The van der Waals surface area contributed by atoms with Crippen LogP contribution in [-0.4, -0.2) is 24.2 Å². The smallest absolute Gasteiger partial charge is 0.281 e. The third-order valence-corrected chi connectivity index (χ3v) is 6.09. The molecular formula is C25H21N3O5S. The summed E-state index contributed by atoms with van der Waals surface area (Å²) in [5.74, 6) is 0.753. The Morgan fingerprint density at radius 3 is 2.74 bits per heavy atom. The molecule has 4 rings (SSSR count). The topological polar surface area (TPSA) is 103 Å². The molecule has 0 aliphatic rings. The average molecular weight is 476 g/mol. The van der Waals surface area contributed by atoms with E-state index in [1.165, 1.54) is 35.2 Å². The first kappa shape index (κ1) is 22.9. The van der Waals surface area contributed by atoms with E-state index in [1.807, 2.05) is 31.2 Å². The summed E-state index contributed by atoms with van der Waals surface area (Å²) in [6.45, 7) is 2.45. The molecule has 1 N–H and O–H groups in total. The van der Waals surface area contributed by atoms with Crippen molar-refractivity contribution >= 4 is 39.2 Å². The molecule has 9 heteroatoms. The number of hydrazone groups is 1. The molecule has 34 heavy (non-hydrogen) atoms. The van der Waals surface area contributed by atoms with Gasteiger partial charge in [-0.1, -0.05) is 29.8 Å². The van der Waals surface area contributed by atoms with E-state index in [0.29, 0.717) is 33.9 Å². The summed E-state index contributed by atoms with van der Waals surface area (Å²) in [5, 5.41) is 15.6. The van der Waals surface area contributed by atoms with Gasteiger partial charge in [-0.3, -0.25) is 14.9 Å². The lowest BCUT2D eigenvalue weighted by Crippen LogP contribution is -2.16. The Morgan fingerprint density at radius 1 is 1.12 bits per heavy atom. The third-order valence-electron chi connectivity index (χ3n) is 4.98. The summed E-state index contributed by atoms with van der Waals surface area (Å²) in [7, 11) is 1.56. The summed E-state index contributed by atoms with van der Waals surface area (Å²) in [4.78, 5) is 23.3. The summed E-state index contributed by atoms with van der Waals surface area (Å²) < 4.78 is 12.1. The van der Waals surface area contributed by atoms with Crippen molar-refractivity contribution in [3.05, 3.63) is 98.4 Å². The molecule has 0 atom stereocenters. The van der Waals surface area contributed by atoms with Crippen LogP contribution in [0.25, 0.3) is 10.1 Å². The van der Waals surface area contributed by atoms with E-state index < -0.39 is 10.8 Å². The minimum atomic E-state index is -0.464. The number of aryl methyl sites for hydroxylation is 1. The van der Waals surface area contributed by atoms with Crippen molar-refractivity contribution in [2.75, 3.05) is 7.11 Å². The molecule has 4 aromatic rings. The molecule has 0 unspecified atom stereocenters. The van der Waals surface area contributed by atoms with Crippen molar-refractivity contribution in [2.45, 2.75) is 13.5 Å². The van der Waals surface area contributed by atoms with Gasteiger partial charge in [-0.15, -0.1) is 11.3 Å². The van der Waals surface area contributed by atoms with Crippen LogP contribution in [0, 0.1) is 17.0 Å². The number of non-ortho nitro benzene ring substituents is 1. The van der Waals surface area contributed by atoms with Crippen molar-refractivity contribution < 1.29 is 19.2 Å². The maximum atomic E-state index is 12.5. The highest BCUT2D eigenvalue weighted by atomic mass is 32.1. The quantitative estimate of drug-likeness (QED) is 0.207. The first-order chi connectivity index (χ1) is 16.4. The number of nitrogens with one attached hydrogen (secondary N) is 1. The third kappa shape index (κ3) is 5.38. The van der Waals surface area contributed by atoms with Gasteiger partial charge in [-0.25, -0.2) is 5.43 Å². The summed E-state index contributed by atoms with van der Waals surface area (Å²) >= 11 is 1.24. The number of nitro groups is 1. The molecule has 0 aliphatic carbocycles. The number of ether oxygens (including phenoxy) is 2. The van der Waals surface area contributed by atoms with E-state index in [4.69, 9.17) is 9.47 Å². The van der Waals surface area contributed by atoms with E-state index >= 15 is 0 Å². The number of rotatable bonds is 8. The lowest BCUT2D eigenvalue weighted by Gasteiger charge is -2.11. The summed E-state index contributed by atoms with van der Waals surface area (Å²) in [6, 6.07) is 19.6. The number of nitrogens with zero attached hydrogens (tertiary/aromatic N) is 2. The largest absolute Gasteiger partial charge is 0.493 e. The van der Waals surface area contributed by atoms with Crippen molar-refractivity contribution in [2.24, 2.45) is 5.10 Å². The van der Waals surface area contributed by atoms with Crippen molar-refractivity contribution in [3.63, 3.8) is 0 Å². The first-order valence-corrected chi connectivity index (χ1v) is 11.1. The standard InChI is InChI=1S/C25H21N3O5S/c1-16-4-3-5-18(10-16)15-33-21-8-6-17(11-22(21)32-2)14-26-27-25(29)24-13-19-12-20(28(30)31)7-9-23(19)34-24/h3-14H,15H2,1-2H3,(H,27,29). The van der Waals surface area contributed by atoms with E-state index in [0.717, 1.165) is 10.3 Å². The van der Waals surface area contributed by atoms with E-state index in [9.17, 15) is 14.9 Å². The molecule has 0 aliphatic heterocycles. The highest BCUT2D eigenvalue weighted by Gasteiger charge is 2.13. The monoisotopic (exact) mass is 475 g/mol. The molecule has 1 aromatic heterocycles. The average Bonchev–Trinajstić information content (AvgIpc) is 3.26. The predicted molar refractivity (Wildman–Crippen MR) is 132 cm³/mol. The highest BCUT2D eigenvalue weighted by molar-refractivity contribution is 7.20. The molecule has 1 amide bonds. The van der Waals surface area contributed by atoms with Crippen molar-refractivity contribution in [1.29, 1.82) is 0 Å². The van der Waals surface area contributed by atoms with Gasteiger partial charge in [0.05, 0.1) is 23.1 Å². The normalized spacial score (nSPS) is 11.0. The Bertz CT molecular complexity index is 1400. The lowest BCUT2D eigenvalue weighted by molar-refractivity contribution is -0.384. The zero-order valence-electron chi connectivity index (χ0n) is 18.5. The second-order valence-corrected chi connectivity index (χ2v) is 8.56. The van der Waals surface area contributed by atoms with Crippen molar-refractivity contribution in [3.8, 4) is 11.5 Å². The Hall–Kier alpha value is -4.24. The fourth-order valence-corrected chi connectivity index (χ4v) is 4.26. The number of thiophene rings is 1. The van der Waals surface area contributed by atoms with Crippen molar-refractivity contribution in [1.82, 2.24) is 5.43 Å². The second kappa shape index (κ2) is 10.1. The number of benzene rings is 3. The fraction of sp³-hybridized carbons (Fsp3) is 0.120. The number of hydrogen-bond acceptors (Lipinski definition) is 7. The van der Waals surface area contributed by atoms with Crippen LogP contribution in [0.5, 0.6) is 11.5 Å². The van der Waals surface area contributed by atoms with Crippen LogP contribution in [0.15, 0.2) is 71.8 Å². The van der Waals surface area contributed by atoms with Crippen LogP contribution in [0.4, 0.5) is 5.69 Å². The van der Waals surface area contributed by atoms with Gasteiger partial charge in [0, 0.05) is 22.2 Å². The summed E-state index contributed by atoms with van der Waals surface area (Å²) in [5.41, 5.74) is 5.41. The first-order valence-electron chi connectivity index (χ1n) is 10.3. The molecule has 8 nitrogen and oxygen atoms in total. The Balaban J connectivity index is 1.40. The van der Waals surface area contributed by atoms with Crippen LogP contribution in [0.2, 0.25) is 0 Å². The lowest BCUT2D eigenvalue weighted by atomic mass is 10.1. The maximum absolute atomic E-state index is 12.5. The van der Waals surface area contributed by atoms with Crippen LogP contribution >= 0.6 is 11.3 Å². The minimum absolute atomic E-state index is 0.0180. The molecule has 0 bridgehead atoms. The molecule has 0 spiro atoms. The van der Waals surface area contributed by atoms with Gasteiger partial charge in [0.25, 0.3) is 11.6 Å². The molecular weight excluding hydrogens is 454 g/mol. The minimum Gasteiger partial charge on any atom is -0.493 e. The number of hydrogen-bond donors (Lipinski definition) is 1. The summed E-state index contributed by atoms with van der Waals surface area (Å²) in [6.07, 6.45) is 1.50. The van der Waals surface area contributed by atoms with Crippen LogP contribution in [0.3, 0.4) is 0 Å². The van der Waals surface area contributed by atoms with Gasteiger partial charge < -0.3 is 9.47 Å². The van der Waals surface area contributed by atoms with Gasteiger partial charge in [-0.05, 0) is 48.4 Å². The van der Waals surface area contributed by atoms with Crippen LogP contribution < -0.4 is 14.9 Å². The number of nitro benzene ring substituents is 1. The number of methoxy groups -OCH3 is 1. The fourth-order valence-electron chi connectivity index (χ4n) is 3.32. The van der Waals surface area contributed by atoms with E-state index in [1.54, 1.807) is 31.4 Å². The predicted octanol–water partition coefficient (Wildman–Crippen LogP) is 5.47.